The lowest BCUT2D eigenvalue weighted by Gasteiger charge is -2.35. The second kappa shape index (κ2) is 17.2. The van der Waals surface area contributed by atoms with E-state index in [1.807, 2.05) is 56.8 Å². The number of amides is 3. The first-order chi connectivity index (χ1) is 22.0. The average molecular weight is 672 g/mol. The zero-order chi connectivity index (χ0) is 33.1. The summed E-state index contributed by atoms with van der Waals surface area (Å²) in [6.07, 6.45) is 6.46. The summed E-state index contributed by atoms with van der Waals surface area (Å²) in [6.45, 7) is 6.44. The normalized spacial score (nSPS) is 18.7. The molecule has 2 aromatic carbocycles. The number of rotatable bonds is 12. The number of hydrogen-bond donors (Lipinski definition) is 3. The van der Waals surface area contributed by atoms with Crippen molar-refractivity contribution in [3.8, 4) is 11.5 Å². The molecule has 1 aliphatic heterocycles. The molecular weight excluding hydrogens is 623 g/mol. The van der Waals surface area contributed by atoms with Gasteiger partial charge in [-0.2, -0.15) is 11.8 Å². The van der Waals surface area contributed by atoms with E-state index >= 15 is 0 Å². The number of carbonyl (C=O) groups is 3. The maximum Gasteiger partial charge on any atom is 0.410 e. The van der Waals surface area contributed by atoms with Gasteiger partial charge in [0.05, 0.1) is 18.7 Å². The lowest BCUT2D eigenvalue weighted by molar-refractivity contribution is -0.121. The zero-order valence-corrected chi connectivity index (χ0v) is 29.1. The number of ether oxygens (including phenoxy) is 2. The van der Waals surface area contributed by atoms with Crippen LogP contribution in [0.3, 0.4) is 0 Å². The first-order valence-electron chi connectivity index (χ1n) is 16.2. The molecular formula is C35H49N3O6S2. The molecule has 2 aromatic rings. The molecule has 3 N–H and O–H groups in total. The Kier molecular flexibility index (Phi) is 13.4. The predicted molar refractivity (Wildman–Crippen MR) is 186 cm³/mol. The van der Waals surface area contributed by atoms with Crippen molar-refractivity contribution < 1.29 is 29.0 Å². The fourth-order valence-electron chi connectivity index (χ4n) is 5.74. The fraction of sp³-hybridized carbons (Fsp3) is 0.571. The number of nitrogens with zero attached hydrogens (tertiary/aromatic N) is 1. The highest BCUT2D eigenvalue weighted by atomic mass is 32.2. The molecule has 0 aromatic heterocycles. The van der Waals surface area contributed by atoms with E-state index in [4.69, 9.17) is 9.47 Å². The molecule has 1 saturated heterocycles. The highest BCUT2D eigenvalue weighted by Crippen LogP contribution is 2.31. The van der Waals surface area contributed by atoms with Crippen molar-refractivity contribution in [2.24, 2.45) is 5.92 Å². The molecule has 46 heavy (non-hydrogen) atoms. The van der Waals surface area contributed by atoms with Crippen LogP contribution in [0, 0.1) is 5.92 Å². The van der Waals surface area contributed by atoms with Gasteiger partial charge in [-0.05, 0) is 81.5 Å². The third kappa shape index (κ3) is 11.0. The number of benzene rings is 2. The summed E-state index contributed by atoms with van der Waals surface area (Å²) in [4.78, 5) is 41.5. The Balaban J connectivity index is 1.54. The van der Waals surface area contributed by atoms with Gasteiger partial charge >= 0.3 is 6.09 Å². The molecule has 1 heterocycles. The van der Waals surface area contributed by atoms with Crippen molar-refractivity contribution in [3.05, 3.63) is 59.7 Å². The summed E-state index contributed by atoms with van der Waals surface area (Å²) in [6, 6.07) is 14.0. The van der Waals surface area contributed by atoms with E-state index in [2.05, 4.69) is 10.6 Å². The molecule has 252 valence electrons. The SMILES string of the molecule is COc1ccc(CC(SCC2CCCCC2)C(CNC(=O)c2ccccc2O)NC(=O)[C@H]2CN(C(=O)OC(C)(C)C)CCS2)cc1. The quantitative estimate of drug-likeness (QED) is 0.256. The van der Waals surface area contributed by atoms with Crippen molar-refractivity contribution in [1.82, 2.24) is 15.5 Å². The van der Waals surface area contributed by atoms with Crippen molar-refractivity contribution in [1.29, 1.82) is 0 Å². The Labute approximate surface area is 281 Å². The van der Waals surface area contributed by atoms with Crippen molar-refractivity contribution >= 4 is 41.4 Å². The topological polar surface area (TPSA) is 117 Å². The van der Waals surface area contributed by atoms with Gasteiger partial charge in [-0.3, -0.25) is 9.59 Å². The number of para-hydroxylation sites is 1. The summed E-state index contributed by atoms with van der Waals surface area (Å²) in [5.41, 5.74) is 0.668. The van der Waals surface area contributed by atoms with Crippen molar-refractivity contribution in [2.75, 3.05) is 38.2 Å². The second-order valence-corrected chi connectivity index (χ2v) is 15.6. The molecule has 0 spiro atoms. The number of hydrogen-bond acceptors (Lipinski definition) is 8. The van der Waals surface area contributed by atoms with E-state index in [1.165, 1.54) is 49.9 Å². The molecule has 9 nitrogen and oxygen atoms in total. The van der Waals surface area contributed by atoms with E-state index < -0.39 is 28.9 Å². The van der Waals surface area contributed by atoms with Crippen LogP contribution in [0.25, 0.3) is 0 Å². The van der Waals surface area contributed by atoms with Crippen LogP contribution < -0.4 is 15.4 Å². The standard InChI is InChI=1S/C35H49N3O6S2/c1-35(2,3)44-34(42)38-18-19-45-31(22-38)33(41)37-28(21-36-32(40)27-12-8-9-13-29(27)39)30(46-23-25-10-6-5-7-11-25)20-24-14-16-26(43-4)17-15-24/h8-9,12-17,25,28,30-31,39H,5-7,10-11,18-23H2,1-4H3,(H,36,40)(H,37,41)/t28?,30?,31-/m1/s1. The van der Waals surface area contributed by atoms with E-state index in [1.54, 1.807) is 30.2 Å². The molecule has 1 aliphatic carbocycles. The number of aromatic hydroxyl groups is 1. The van der Waals surface area contributed by atoms with Crippen LogP contribution in [0.15, 0.2) is 48.5 Å². The van der Waals surface area contributed by atoms with Gasteiger partial charge in [0, 0.05) is 30.6 Å². The van der Waals surface area contributed by atoms with Gasteiger partial charge in [0.2, 0.25) is 5.91 Å². The van der Waals surface area contributed by atoms with Crippen LogP contribution in [0.2, 0.25) is 0 Å². The number of phenols is 1. The number of carbonyl (C=O) groups excluding carboxylic acids is 3. The molecule has 2 fully saturated rings. The van der Waals surface area contributed by atoms with Crippen LogP contribution in [-0.2, 0) is 16.0 Å². The third-order valence-electron chi connectivity index (χ3n) is 8.28. The van der Waals surface area contributed by atoms with Crippen LogP contribution in [0.5, 0.6) is 11.5 Å². The van der Waals surface area contributed by atoms with Gasteiger partial charge in [0.1, 0.15) is 22.4 Å². The van der Waals surface area contributed by atoms with Gasteiger partial charge < -0.3 is 30.1 Å². The smallest absolute Gasteiger partial charge is 0.410 e. The molecule has 3 atom stereocenters. The monoisotopic (exact) mass is 671 g/mol. The Morgan fingerprint density at radius 1 is 1.07 bits per heavy atom. The Morgan fingerprint density at radius 3 is 2.46 bits per heavy atom. The Bertz CT molecular complexity index is 1300. The fourth-order valence-corrected chi connectivity index (χ4v) is 8.41. The third-order valence-corrected chi connectivity index (χ3v) is 11.1. The summed E-state index contributed by atoms with van der Waals surface area (Å²) in [5, 5.41) is 16.0. The zero-order valence-electron chi connectivity index (χ0n) is 27.5. The summed E-state index contributed by atoms with van der Waals surface area (Å²) in [7, 11) is 1.64. The second-order valence-electron chi connectivity index (χ2n) is 13.1. The maximum atomic E-state index is 13.9. The van der Waals surface area contributed by atoms with Crippen LogP contribution in [0.1, 0.15) is 68.8 Å². The van der Waals surface area contributed by atoms with Crippen LogP contribution >= 0.6 is 23.5 Å². The molecule has 2 unspecified atom stereocenters. The lowest BCUT2D eigenvalue weighted by Crippen LogP contribution is -2.55. The van der Waals surface area contributed by atoms with Gasteiger partial charge in [0.15, 0.2) is 0 Å². The summed E-state index contributed by atoms with van der Waals surface area (Å²) >= 11 is 3.38. The minimum absolute atomic E-state index is 0.0421. The van der Waals surface area contributed by atoms with E-state index in [0.717, 1.165) is 17.1 Å². The van der Waals surface area contributed by atoms with Gasteiger partial charge in [-0.15, -0.1) is 11.8 Å². The van der Waals surface area contributed by atoms with Gasteiger partial charge in [-0.25, -0.2) is 4.79 Å². The van der Waals surface area contributed by atoms with E-state index in [9.17, 15) is 19.5 Å². The molecule has 11 heteroatoms. The summed E-state index contributed by atoms with van der Waals surface area (Å²) < 4.78 is 10.9. The Morgan fingerprint density at radius 2 is 1.78 bits per heavy atom. The first-order valence-corrected chi connectivity index (χ1v) is 18.3. The Hall–Kier alpha value is -3.05. The molecule has 4 rings (SSSR count). The highest BCUT2D eigenvalue weighted by molar-refractivity contribution is 8.00. The van der Waals surface area contributed by atoms with Crippen molar-refractivity contribution in [3.63, 3.8) is 0 Å². The molecule has 0 bridgehead atoms. The van der Waals surface area contributed by atoms with Crippen LogP contribution in [0.4, 0.5) is 4.79 Å². The first kappa shape index (κ1) is 35.8. The number of nitrogens with one attached hydrogen (secondary N) is 2. The molecule has 3 amide bonds. The minimum Gasteiger partial charge on any atom is -0.507 e. The van der Waals surface area contributed by atoms with E-state index in [0.29, 0.717) is 24.6 Å². The van der Waals surface area contributed by atoms with Gasteiger partial charge in [0.25, 0.3) is 5.91 Å². The highest BCUT2D eigenvalue weighted by Gasteiger charge is 2.34. The minimum atomic E-state index is -0.625. The maximum absolute atomic E-state index is 13.9. The van der Waals surface area contributed by atoms with Crippen molar-refractivity contribution in [2.45, 2.75) is 81.4 Å². The van der Waals surface area contributed by atoms with Crippen LogP contribution in [-0.4, -0.2) is 88.3 Å². The lowest BCUT2D eigenvalue weighted by atomic mass is 9.91. The molecule has 1 saturated carbocycles. The molecule has 0 radical (unpaired) electrons. The number of phenolic OH excluding ortho intramolecular Hbond substituents is 1. The summed E-state index contributed by atoms with van der Waals surface area (Å²) in [5.74, 6) is 2.34. The number of thioether (sulfide) groups is 2. The van der Waals surface area contributed by atoms with E-state index in [-0.39, 0.29) is 35.6 Å². The largest absolute Gasteiger partial charge is 0.507 e. The average Bonchev–Trinajstić information content (AvgIpc) is 3.05. The predicted octanol–water partition coefficient (Wildman–Crippen LogP) is 5.89. The van der Waals surface area contributed by atoms with Gasteiger partial charge in [-0.1, -0.05) is 43.5 Å². The molecule has 2 aliphatic rings. The number of methoxy groups -OCH3 is 1.